The van der Waals surface area contributed by atoms with Crippen molar-refractivity contribution in [3.8, 4) is 0 Å². The molecule has 0 aliphatic heterocycles. The van der Waals surface area contributed by atoms with E-state index in [1.165, 1.54) is 29.3 Å². The van der Waals surface area contributed by atoms with E-state index >= 15 is 0 Å². The van der Waals surface area contributed by atoms with E-state index in [-0.39, 0.29) is 23.0 Å². The monoisotopic (exact) mass is 434 g/mol. The van der Waals surface area contributed by atoms with Crippen LogP contribution in [0.4, 0.5) is 0 Å². The highest BCUT2D eigenvalue weighted by Crippen LogP contribution is 2.27. The summed E-state index contributed by atoms with van der Waals surface area (Å²) in [5.74, 6) is 0. The normalized spacial score (nSPS) is 11.6. The second-order valence-corrected chi connectivity index (χ2v) is 7.47. The average molecular weight is 435 g/mol. The highest BCUT2D eigenvalue weighted by Gasteiger charge is 2.19. The second-order valence-electron chi connectivity index (χ2n) is 6.73. The molecule has 8 nitrogen and oxygen atoms in total. The molecule has 150 valence electrons. The minimum absolute atomic E-state index is 0.0240. The molecular formula is C19H16Cl2N4O4. The maximum absolute atomic E-state index is 12.7. The van der Waals surface area contributed by atoms with E-state index in [2.05, 4.69) is 4.98 Å². The van der Waals surface area contributed by atoms with Gasteiger partial charge in [0.2, 0.25) is 5.28 Å². The fourth-order valence-electron chi connectivity index (χ4n) is 3.43. The molecule has 4 rings (SSSR count). The van der Waals surface area contributed by atoms with Gasteiger partial charge in [-0.05, 0) is 41.3 Å². The van der Waals surface area contributed by atoms with Crippen molar-refractivity contribution in [1.29, 1.82) is 0 Å². The lowest BCUT2D eigenvalue weighted by atomic mass is 10.1. The molecule has 0 amide bonds. The molecule has 29 heavy (non-hydrogen) atoms. The van der Waals surface area contributed by atoms with Gasteiger partial charge in [-0.1, -0.05) is 18.5 Å². The average Bonchev–Trinajstić information content (AvgIpc) is 3.01. The van der Waals surface area contributed by atoms with Gasteiger partial charge in [-0.25, -0.2) is 9.59 Å². The standard InChI is InChI=1S/C19H16Cl2N4O4/c1-4-9-5-13-11(7-12(9)20)10(6-14(26)29-13)8-25-15-16(22-18(25)21)23(2)19(28)24(3)17(15)27/h5-7H,4,8H2,1-3H3. The van der Waals surface area contributed by atoms with Gasteiger partial charge in [0.25, 0.3) is 5.56 Å². The maximum Gasteiger partial charge on any atom is 0.336 e. The number of hydrogen-bond acceptors (Lipinski definition) is 5. The molecule has 3 aromatic heterocycles. The predicted octanol–water partition coefficient (Wildman–Crippen LogP) is 2.46. The van der Waals surface area contributed by atoms with Gasteiger partial charge in [-0.2, -0.15) is 4.98 Å². The van der Waals surface area contributed by atoms with Crippen LogP contribution in [0.5, 0.6) is 0 Å². The summed E-state index contributed by atoms with van der Waals surface area (Å²) in [4.78, 5) is 41.2. The van der Waals surface area contributed by atoms with Gasteiger partial charge < -0.3 is 8.98 Å². The van der Waals surface area contributed by atoms with E-state index in [1.54, 1.807) is 12.1 Å². The van der Waals surface area contributed by atoms with Crippen LogP contribution in [0.15, 0.2) is 37.0 Å². The number of nitrogens with zero attached hydrogens (tertiary/aromatic N) is 4. The summed E-state index contributed by atoms with van der Waals surface area (Å²) in [6.45, 7) is 2.03. The fourth-order valence-corrected chi connectivity index (χ4v) is 3.95. The largest absolute Gasteiger partial charge is 0.423 e. The van der Waals surface area contributed by atoms with Gasteiger partial charge >= 0.3 is 11.3 Å². The Balaban J connectivity index is 2.01. The molecule has 0 saturated carbocycles. The number of aryl methyl sites for hydroxylation is 2. The van der Waals surface area contributed by atoms with E-state index in [0.29, 0.717) is 28.0 Å². The molecular weight excluding hydrogens is 419 g/mol. The summed E-state index contributed by atoms with van der Waals surface area (Å²) in [5.41, 5.74) is 0.591. The molecule has 0 spiro atoms. The van der Waals surface area contributed by atoms with Crippen LogP contribution in [-0.4, -0.2) is 18.7 Å². The van der Waals surface area contributed by atoms with E-state index in [1.807, 2.05) is 6.92 Å². The van der Waals surface area contributed by atoms with Crippen molar-refractivity contribution in [2.24, 2.45) is 14.1 Å². The summed E-state index contributed by atoms with van der Waals surface area (Å²) in [6, 6.07) is 4.80. The SMILES string of the molecule is CCc1cc2oc(=O)cc(Cn3c(Cl)nc4c3c(=O)n(C)c(=O)n4C)c2cc1Cl. The number of aromatic nitrogens is 4. The lowest BCUT2D eigenvalue weighted by Gasteiger charge is -2.11. The maximum atomic E-state index is 12.7. The smallest absolute Gasteiger partial charge is 0.336 e. The molecule has 0 fully saturated rings. The number of halogens is 2. The zero-order valence-electron chi connectivity index (χ0n) is 15.8. The quantitative estimate of drug-likeness (QED) is 0.364. The number of benzene rings is 1. The Kier molecular flexibility index (Phi) is 4.63. The third-order valence-electron chi connectivity index (χ3n) is 5.01. The van der Waals surface area contributed by atoms with Crippen LogP contribution in [0.2, 0.25) is 10.3 Å². The van der Waals surface area contributed by atoms with E-state index in [9.17, 15) is 14.4 Å². The fraction of sp³-hybridized carbons (Fsp3) is 0.263. The van der Waals surface area contributed by atoms with Crippen molar-refractivity contribution in [3.63, 3.8) is 0 Å². The molecule has 0 unspecified atom stereocenters. The molecule has 0 aliphatic rings. The van der Waals surface area contributed by atoms with Gasteiger partial charge in [0.15, 0.2) is 11.2 Å². The van der Waals surface area contributed by atoms with Crippen molar-refractivity contribution in [1.82, 2.24) is 18.7 Å². The zero-order valence-corrected chi connectivity index (χ0v) is 17.3. The van der Waals surface area contributed by atoms with Crippen molar-refractivity contribution in [2.45, 2.75) is 19.9 Å². The molecule has 0 radical (unpaired) electrons. The molecule has 1 aromatic carbocycles. The number of hydrogen-bond donors (Lipinski definition) is 0. The molecule has 0 aliphatic carbocycles. The van der Waals surface area contributed by atoms with Crippen molar-refractivity contribution in [3.05, 3.63) is 70.9 Å². The topological polar surface area (TPSA) is 92.0 Å². The molecule has 3 heterocycles. The van der Waals surface area contributed by atoms with Crippen molar-refractivity contribution in [2.75, 3.05) is 0 Å². The minimum Gasteiger partial charge on any atom is -0.423 e. The Labute approximate surface area is 173 Å². The third kappa shape index (κ3) is 2.99. The minimum atomic E-state index is -0.530. The van der Waals surface area contributed by atoms with Gasteiger partial charge in [-0.3, -0.25) is 13.9 Å². The first-order valence-corrected chi connectivity index (χ1v) is 9.55. The summed E-state index contributed by atoms with van der Waals surface area (Å²) < 4.78 is 9.03. The Morgan fingerprint density at radius 3 is 2.45 bits per heavy atom. The van der Waals surface area contributed by atoms with Gasteiger partial charge in [0.05, 0.1) is 6.54 Å². The Bertz CT molecular complexity index is 1480. The molecule has 0 saturated heterocycles. The van der Waals surface area contributed by atoms with Crippen LogP contribution in [0.1, 0.15) is 18.1 Å². The van der Waals surface area contributed by atoms with Gasteiger partial charge in [0, 0.05) is 30.6 Å². The van der Waals surface area contributed by atoms with Gasteiger partial charge in [0.1, 0.15) is 5.58 Å². The van der Waals surface area contributed by atoms with Crippen LogP contribution in [0.3, 0.4) is 0 Å². The molecule has 0 bridgehead atoms. The highest BCUT2D eigenvalue weighted by atomic mass is 35.5. The summed E-state index contributed by atoms with van der Waals surface area (Å²) in [5, 5.41) is 1.21. The van der Waals surface area contributed by atoms with Crippen LogP contribution in [0.25, 0.3) is 22.1 Å². The third-order valence-corrected chi connectivity index (χ3v) is 5.65. The van der Waals surface area contributed by atoms with E-state index in [4.69, 9.17) is 27.6 Å². The zero-order chi connectivity index (χ0) is 21.0. The summed E-state index contributed by atoms with van der Waals surface area (Å²) in [7, 11) is 2.89. The first-order chi connectivity index (χ1) is 13.7. The molecule has 0 atom stereocenters. The first-order valence-electron chi connectivity index (χ1n) is 8.79. The first kappa shape index (κ1) is 19.5. The number of rotatable bonds is 3. The predicted molar refractivity (Wildman–Crippen MR) is 111 cm³/mol. The van der Waals surface area contributed by atoms with Crippen LogP contribution < -0.4 is 16.9 Å². The van der Waals surface area contributed by atoms with Crippen LogP contribution in [0, 0.1) is 0 Å². The van der Waals surface area contributed by atoms with Crippen molar-refractivity contribution >= 4 is 45.3 Å². The Hall–Kier alpha value is -2.84. The molecule has 0 N–H and O–H groups in total. The van der Waals surface area contributed by atoms with Crippen molar-refractivity contribution < 1.29 is 4.42 Å². The van der Waals surface area contributed by atoms with Crippen LogP contribution >= 0.6 is 23.2 Å². The number of fused-ring (bicyclic) bond motifs is 2. The Morgan fingerprint density at radius 1 is 1.03 bits per heavy atom. The second kappa shape index (κ2) is 6.89. The van der Waals surface area contributed by atoms with E-state index in [0.717, 1.165) is 10.1 Å². The Morgan fingerprint density at radius 2 is 1.76 bits per heavy atom. The molecule has 10 heteroatoms. The summed E-state index contributed by atoms with van der Waals surface area (Å²) in [6.07, 6.45) is 0.685. The van der Waals surface area contributed by atoms with E-state index < -0.39 is 16.9 Å². The van der Waals surface area contributed by atoms with Gasteiger partial charge in [-0.15, -0.1) is 0 Å². The highest BCUT2D eigenvalue weighted by molar-refractivity contribution is 6.32. The molecule has 4 aromatic rings. The lowest BCUT2D eigenvalue weighted by molar-refractivity contribution is 0.557. The van der Waals surface area contributed by atoms with Crippen LogP contribution in [-0.2, 0) is 27.1 Å². The lowest BCUT2D eigenvalue weighted by Crippen LogP contribution is -2.37. The number of imidazole rings is 1. The summed E-state index contributed by atoms with van der Waals surface area (Å²) >= 11 is 12.6.